The number of hydrogen-bond donors (Lipinski definition) is 0. The molecule has 31 heavy (non-hydrogen) atoms. The number of rotatable bonds is 3. The van der Waals surface area contributed by atoms with E-state index in [-0.39, 0.29) is 36.4 Å². The van der Waals surface area contributed by atoms with Crippen molar-refractivity contribution in [3.05, 3.63) is 35.9 Å². The van der Waals surface area contributed by atoms with E-state index < -0.39 is 17.2 Å². The van der Waals surface area contributed by atoms with Gasteiger partial charge in [0.2, 0.25) is 5.91 Å². The molecule has 0 aromatic heterocycles. The molecule has 1 aromatic carbocycles. The average molecular weight is 429 g/mol. The maximum Gasteiger partial charge on any atom is 0.410 e. The van der Waals surface area contributed by atoms with Crippen LogP contribution in [0.1, 0.15) is 52.5 Å². The summed E-state index contributed by atoms with van der Waals surface area (Å²) in [6.07, 6.45) is 1.50. The topological polar surface area (TPSA) is 76.2 Å². The summed E-state index contributed by atoms with van der Waals surface area (Å²) in [7, 11) is 0. The van der Waals surface area contributed by atoms with Gasteiger partial charge in [0, 0.05) is 19.5 Å². The number of carbonyl (C=O) groups is 3. The molecule has 0 saturated carbocycles. The minimum absolute atomic E-state index is 0.0296. The number of benzene rings is 1. The highest BCUT2D eigenvalue weighted by Crippen LogP contribution is 2.49. The third-order valence-electron chi connectivity index (χ3n) is 6.80. The van der Waals surface area contributed by atoms with Crippen molar-refractivity contribution in [1.29, 1.82) is 0 Å². The van der Waals surface area contributed by atoms with E-state index in [1.165, 1.54) is 0 Å². The van der Waals surface area contributed by atoms with Gasteiger partial charge in [-0.25, -0.2) is 9.59 Å². The Kier molecular flexibility index (Phi) is 5.48. The molecule has 3 fully saturated rings. The first-order chi connectivity index (χ1) is 14.6. The number of esters is 1. The number of amides is 2. The van der Waals surface area contributed by atoms with Crippen LogP contribution in [0.4, 0.5) is 4.79 Å². The van der Waals surface area contributed by atoms with E-state index in [1.807, 2.05) is 58.0 Å². The van der Waals surface area contributed by atoms with Crippen molar-refractivity contribution in [2.45, 2.75) is 70.7 Å². The summed E-state index contributed by atoms with van der Waals surface area (Å²) >= 11 is 0. The van der Waals surface area contributed by atoms with Crippen molar-refractivity contribution in [2.75, 3.05) is 13.1 Å². The quantitative estimate of drug-likeness (QED) is 0.690. The third-order valence-corrected chi connectivity index (χ3v) is 6.80. The van der Waals surface area contributed by atoms with Crippen LogP contribution >= 0.6 is 0 Å². The van der Waals surface area contributed by atoms with Crippen LogP contribution in [-0.4, -0.2) is 58.0 Å². The Morgan fingerprint density at radius 1 is 1.19 bits per heavy atom. The van der Waals surface area contributed by atoms with Gasteiger partial charge < -0.3 is 19.3 Å². The molecule has 1 aromatic rings. The monoisotopic (exact) mass is 428 g/mol. The van der Waals surface area contributed by atoms with E-state index in [0.29, 0.717) is 25.9 Å². The number of nitrogens with zero attached hydrogens (tertiary/aromatic N) is 2. The maximum absolute atomic E-state index is 13.2. The van der Waals surface area contributed by atoms with Gasteiger partial charge in [0.1, 0.15) is 18.2 Å². The number of piperidine rings is 2. The molecule has 0 radical (unpaired) electrons. The molecule has 4 rings (SSSR count). The van der Waals surface area contributed by atoms with Crippen LogP contribution in [0.25, 0.3) is 0 Å². The molecule has 3 heterocycles. The smallest absolute Gasteiger partial charge is 0.410 e. The van der Waals surface area contributed by atoms with E-state index in [4.69, 9.17) is 9.47 Å². The molecule has 0 aliphatic carbocycles. The van der Waals surface area contributed by atoms with Gasteiger partial charge in [-0.3, -0.25) is 4.79 Å². The molecule has 7 nitrogen and oxygen atoms in total. The van der Waals surface area contributed by atoms with Crippen LogP contribution in [0.15, 0.2) is 30.3 Å². The Labute approximate surface area is 183 Å². The van der Waals surface area contributed by atoms with Gasteiger partial charge in [0.25, 0.3) is 0 Å². The van der Waals surface area contributed by atoms with Crippen LogP contribution in [0.3, 0.4) is 0 Å². The Morgan fingerprint density at radius 2 is 1.90 bits per heavy atom. The summed E-state index contributed by atoms with van der Waals surface area (Å²) in [4.78, 5) is 42.4. The number of hydrogen-bond acceptors (Lipinski definition) is 5. The molecule has 4 atom stereocenters. The normalized spacial score (nSPS) is 30.1. The number of likely N-dealkylation sites (tertiary alicyclic amines) is 1. The summed E-state index contributed by atoms with van der Waals surface area (Å²) < 4.78 is 11.3. The molecule has 0 N–H and O–H groups in total. The lowest BCUT2D eigenvalue weighted by Crippen LogP contribution is -2.70. The molecule has 168 valence electrons. The Balaban J connectivity index is 1.55. The van der Waals surface area contributed by atoms with E-state index in [1.54, 1.807) is 9.80 Å². The summed E-state index contributed by atoms with van der Waals surface area (Å²) in [5.41, 5.74) is -0.181. The molecular weight excluding hydrogens is 396 g/mol. The standard InChI is InChI=1S/C24H32N2O5/c1-16-18-12-24(15-25(13-18)22(29)31-23(2,3)4)11-10-19(27)26(24)20(16)21(28)30-14-17-8-6-5-7-9-17/h5-9,16,18,20H,10-15H2,1-4H3/t16?,18?,20-,24+/m0/s1. The molecule has 2 unspecified atom stereocenters. The molecule has 3 aliphatic heterocycles. The predicted molar refractivity (Wildman–Crippen MR) is 114 cm³/mol. The molecule has 7 heteroatoms. The van der Waals surface area contributed by atoms with Crippen molar-refractivity contribution < 1.29 is 23.9 Å². The second-order valence-electron chi connectivity index (χ2n) is 10.2. The van der Waals surface area contributed by atoms with Crippen LogP contribution in [0, 0.1) is 11.8 Å². The molecule has 3 saturated heterocycles. The van der Waals surface area contributed by atoms with Crippen LogP contribution < -0.4 is 0 Å². The van der Waals surface area contributed by atoms with Crippen molar-refractivity contribution in [3.8, 4) is 0 Å². The summed E-state index contributed by atoms with van der Waals surface area (Å²) in [6.45, 7) is 8.66. The van der Waals surface area contributed by atoms with Gasteiger partial charge in [-0.05, 0) is 51.0 Å². The van der Waals surface area contributed by atoms with Gasteiger partial charge in [-0.1, -0.05) is 37.3 Å². The van der Waals surface area contributed by atoms with Gasteiger partial charge in [-0.15, -0.1) is 0 Å². The van der Waals surface area contributed by atoms with Crippen LogP contribution in [-0.2, 0) is 25.7 Å². The molecule has 3 aliphatic rings. The minimum atomic E-state index is -0.613. The predicted octanol–water partition coefficient (Wildman–Crippen LogP) is 3.37. The zero-order chi connectivity index (χ0) is 22.4. The summed E-state index contributed by atoms with van der Waals surface area (Å²) in [6, 6.07) is 8.93. The van der Waals surface area contributed by atoms with Crippen LogP contribution in [0.2, 0.25) is 0 Å². The highest BCUT2D eigenvalue weighted by Gasteiger charge is 2.61. The Hall–Kier alpha value is -2.57. The van der Waals surface area contributed by atoms with E-state index >= 15 is 0 Å². The van der Waals surface area contributed by atoms with Crippen molar-refractivity contribution in [3.63, 3.8) is 0 Å². The van der Waals surface area contributed by atoms with E-state index in [9.17, 15) is 14.4 Å². The van der Waals surface area contributed by atoms with Gasteiger partial charge in [0.15, 0.2) is 0 Å². The van der Waals surface area contributed by atoms with Gasteiger partial charge in [-0.2, -0.15) is 0 Å². The Morgan fingerprint density at radius 3 is 2.58 bits per heavy atom. The molecular formula is C24H32N2O5. The third kappa shape index (κ3) is 4.14. The lowest BCUT2D eigenvalue weighted by molar-refractivity contribution is -0.173. The van der Waals surface area contributed by atoms with Crippen LogP contribution in [0.5, 0.6) is 0 Å². The molecule has 2 bridgehead atoms. The second-order valence-corrected chi connectivity index (χ2v) is 10.2. The first-order valence-electron chi connectivity index (χ1n) is 11.1. The number of ether oxygens (including phenoxy) is 2. The van der Waals surface area contributed by atoms with Gasteiger partial charge >= 0.3 is 12.1 Å². The summed E-state index contributed by atoms with van der Waals surface area (Å²) in [5.74, 6) is -0.384. The lowest BCUT2D eigenvalue weighted by Gasteiger charge is -2.57. The summed E-state index contributed by atoms with van der Waals surface area (Å²) in [5, 5.41) is 0. The SMILES string of the molecule is CC1C2CN(C(=O)OC(C)(C)C)C[C@@]3(CCC(=O)N3[C@@H]1C(=O)OCc1ccccc1)C2. The molecule has 2 amide bonds. The largest absolute Gasteiger partial charge is 0.459 e. The minimum Gasteiger partial charge on any atom is -0.459 e. The molecule has 1 spiro atoms. The van der Waals surface area contributed by atoms with Crippen molar-refractivity contribution in [2.24, 2.45) is 11.8 Å². The second kappa shape index (κ2) is 7.84. The zero-order valence-electron chi connectivity index (χ0n) is 18.8. The zero-order valence-corrected chi connectivity index (χ0v) is 18.8. The fourth-order valence-electron chi connectivity index (χ4n) is 5.42. The first-order valence-corrected chi connectivity index (χ1v) is 11.1. The Bertz CT molecular complexity index is 864. The highest BCUT2D eigenvalue weighted by atomic mass is 16.6. The van der Waals surface area contributed by atoms with E-state index in [2.05, 4.69) is 0 Å². The fraction of sp³-hybridized carbons (Fsp3) is 0.625. The average Bonchev–Trinajstić information content (AvgIpc) is 3.01. The number of fused-ring (bicyclic) bond motifs is 1. The van der Waals surface area contributed by atoms with Crippen molar-refractivity contribution >= 4 is 18.0 Å². The van der Waals surface area contributed by atoms with Crippen molar-refractivity contribution in [1.82, 2.24) is 9.80 Å². The fourth-order valence-corrected chi connectivity index (χ4v) is 5.42. The maximum atomic E-state index is 13.2. The number of carbonyl (C=O) groups excluding carboxylic acids is 3. The first kappa shape index (κ1) is 21.7. The highest BCUT2D eigenvalue weighted by molar-refractivity contribution is 5.88. The van der Waals surface area contributed by atoms with E-state index in [0.717, 1.165) is 12.0 Å². The van der Waals surface area contributed by atoms with Gasteiger partial charge in [0.05, 0.1) is 5.54 Å². The lowest BCUT2D eigenvalue weighted by atomic mass is 9.68.